The van der Waals surface area contributed by atoms with Crippen LogP contribution in [0.2, 0.25) is 0 Å². The summed E-state index contributed by atoms with van der Waals surface area (Å²) < 4.78 is 5.52. The maximum atomic E-state index is 12.3. The van der Waals surface area contributed by atoms with Crippen LogP contribution in [0, 0.1) is 0 Å². The highest BCUT2D eigenvalue weighted by Crippen LogP contribution is 2.29. The highest BCUT2D eigenvalue weighted by atomic mass is 32.1. The standard InChI is InChI=1S/C20H20N2O3S/c1-3-12(2)13-8-9-16(23)15(10-13)21-20(26)22-19(24)18-11-14-6-4-5-7-17(14)25-18/h4-12,23H,3H2,1-2H3,(H2,21,22,24,26). The van der Waals surface area contributed by atoms with Crippen molar-refractivity contribution >= 4 is 39.9 Å². The van der Waals surface area contributed by atoms with E-state index >= 15 is 0 Å². The van der Waals surface area contributed by atoms with Gasteiger partial charge in [0.1, 0.15) is 11.3 Å². The van der Waals surface area contributed by atoms with Crippen LogP contribution in [0.25, 0.3) is 11.0 Å². The minimum atomic E-state index is -0.448. The van der Waals surface area contributed by atoms with Crippen molar-refractivity contribution < 1.29 is 14.3 Å². The van der Waals surface area contributed by atoms with Gasteiger partial charge in [-0.15, -0.1) is 0 Å². The molecule has 0 aliphatic heterocycles. The van der Waals surface area contributed by atoms with Gasteiger partial charge in [0.25, 0.3) is 5.91 Å². The first-order valence-corrected chi connectivity index (χ1v) is 8.82. The molecule has 2 aromatic carbocycles. The Morgan fingerprint density at radius 1 is 1.23 bits per heavy atom. The second kappa shape index (κ2) is 7.58. The fourth-order valence-corrected chi connectivity index (χ4v) is 2.81. The van der Waals surface area contributed by atoms with E-state index in [0.717, 1.165) is 17.4 Å². The Morgan fingerprint density at radius 2 is 2.00 bits per heavy atom. The summed E-state index contributed by atoms with van der Waals surface area (Å²) in [4.78, 5) is 12.3. The third kappa shape index (κ3) is 3.86. The number of benzene rings is 2. The van der Waals surface area contributed by atoms with Gasteiger partial charge in [0.2, 0.25) is 0 Å². The molecule has 1 amide bonds. The van der Waals surface area contributed by atoms with Crippen LogP contribution in [0.5, 0.6) is 5.75 Å². The van der Waals surface area contributed by atoms with Gasteiger partial charge in [0.15, 0.2) is 10.9 Å². The number of carbonyl (C=O) groups is 1. The summed E-state index contributed by atoms with van der Waals surface area (Å²) in [5.41, 5.74) is 2.17. The quantitative estimate of drug-likeness (QED) is 0.456. The topological polar surface area (TPSA) is 74.5 Å². The van der Waals surface area contributed by atoms with Crippen LogP contribution >= 0.6 is 12.2 Å². The Kier molecular flexibility index (Phi) is 5.23. The van der Waals surface area contributed by atoms with E-state index in [1.807, 2.05) is 30.3 Å². The number of nitrogens with one attached hydrogen (secondary N) is 2. The molecule has 5 nitrogen and oxygen atoms in total. The van der Waals surface area contributed by atoms with E-state index in [0.29, 0.717) is 17.2 Å². The largest absolute Gasteiger partial charge is 0.506 e. The van der Waals surface area contributed by atoms with Crippen LogP contribution in [0.1, 0.15) is 42.3 Å². The molecular weight excluding hydrogens is 348 g/mol. The van der Waals surface area contributed by atoms with E-state index in [9.17, 15) is 9.90 Å². The first kappa shape index (κ1) is 17.9. The number of anilines is 1. The lowest BCUT2D eigenvalue weighted by Gasteiger charge is -2.14. The van der Waals surface area contributed by atoms with Gasteiger partial charge in [0.05, 0.1) is 5.69 Å². The number of furan rings is 1. The van der Waals surface area contributed by atoms with Gasteiger partial charge < -0.3 is 14.8 Å². The van der Waals surface area contributed by atoms with Gasteiger partial charge in [-0.3, -0.25) is 10.1 Å². The molecule has 0 spiro atoms. The molecule has 0 aliphatic rings. The van der Waals surface area contributed by atoms with Crippen LogP contribution < -0.4 is 10.6 Å². The van der Waals surface area contributed by atoms with E-state index < -0.39 is 5.91 Å². The molecule has 0 saturated carbocycles. The molecule has 3 aromatic rings. The van der Waals surface area contributed by atoms with Gasteiger partial charge in [-0.2, -0.15) is 0 Å². The Hall–Kier alpha value is -2.86. The van der Waals surface area contributed by atoms with Gasteiger partial charge in [0, 0.05) is 5.39 Å². The summed E-state index contributed by atoms with van der Waals surface area (Å²) in [7, 11) is 0. The van der Waals surface area contributed by atoms with E-state index in [1.165, 1.54) is 0 Å². The fraction of sp³-hybridized carbons (Fsp3) is 0.200. The van der Waals surface area contributed by atoms with Gasteiger partial charge in [-0.1, -0.05) is 38.1 Å². The molecule has 0 radical (unpaired) electrons. The number of hydrogen-bond acceptors (Lipinski definition) is 4. The molecule has 1 atom stereocenters. The van der Waals surface area contributed by atoms with Crippen molar-refractivity contribution in [1.82, 2.24) is 5.32 Å². The average Bonchev–Trinajstić information content (AvgIpc) is 3.07. The molecule has 0 fully saturated rings. The van der Waals surface area contributed by atoms with E-state index in [4.69, 9.17) is 16.6 Å². The molecule has 134 valence electrons. The number of hydrogen-bond donors (Lipinski definition) is 3. The van der Waals surface area contributed by atoms with Crippen molar-refractivity contribution in [1.29, 1.82) is 0 Å². The Labute approximate surface area is 157 Å². The first-order valence-electron chi connectivity index (χ1n) is 8.41. The molecule has 0 saturated heterocycles. The maximum Gasteiger partial charge on any atom is 0.293 e. The molecule has 3 N–H and O–H groups in total. The number of phenols is 1. The normalized spacial score (nSPS) is 11.9. The Balaban J connectivity index is 1.71. The summed E-state index contributed by atoms with van der Waals surface area (Å²) in [5, 5.41) is 16.4. The third-order valence-corrected chi connectivity index (χ3v) is 4.53. The fourth-order valence-electron chi connectivity index (χ4n) is 2.61. The predicted octanol–water partition coefficient (Wildman–Crippen LogP) is 4.78. The summed E-state index contributed by atoms with van der Waals surface area (Å²) in [6.07, 6.45) is 0.984. The zero-order valence-corrected chi connectivity index (χ0v) is 15.4. The minimum absolute atomic E-state index is 0.0670. The number of phenolic OH excluding ortho intramolecular Hbond substituents is 1. The van der Waals surface area contributed by atoms with Crippen molar-refractivity contribution in [2.45, 2.75) is 26.2 Å². The average molecular weight is 368 g/mol. The smallest absolute Gasteiger partial charge is 0.293 e. The van der Waals surface area contributed by atoms with Crippen LogP contribution in [0.4, 0.5) is 5.69 Å². The summed E-state index contributed by atoms with van der Waals surface area (Å²) in [6, 6.07) is 14.4. The summed E-state index contributed by atoms with van der Waals surface area (Å²) in [5.74, 6) is 0.149. The molecule has 1 aromatic heterocycles. The molecule has 1 heterocycles. The first-order chi connectivity index (χ1) is 12.5. The van der Waals surface area contributed by atoms with Gasteiger partial charge in [-0.25, -0.2) is 0 Å². The van der Waals surface area contributed by atoms with Crippen molar-refractivity contribution in [3.63, 3.8) is 0 Å². The Bertz CT molecular complexity index is 932. The molecule has 1 unspecified atom stereocenters. The van der Waals surface area contributed by atoms with Crippen molar-refractivity contribution in [2.75, 3.05) is 5.32 Å². The number of carbonyl (C=O) groups excluding carboxylic acids is 1. The zero-order valence-electron chi connectivity index (χ0n) is 14.6. The number of aromatic hydroxyl groups is 1. The zero-order chi connectivity index (χ0) is 18.7. The van der Waals surface area contributed by atoms with Crippen molar-refractivity contribution in [2.24, 2.45) is 0 Å². The van der Waals surface area contributed by atoms with Crippen molar-refractivity contribution in [3.8, 4) is 5.75 Å². The lowest BCUT2D eigenvalue weighted by Crippen LogP contribution is -2.33. The van der Waals surface area contributed by atoms with E-state index in [1.54, 1.807) is 18.2 Å². The number of para-hydroxylation sites is 1. The van der Waals surface area contributed by atoms with Gasteiger partial charge >= 0.3 is 0 Å². The lowest BCUT2D eigenvalue weighted by atomic mass is 9.98. The van der Waals surface area contributed by atoms with Gasteiger partial charge in [-0.05, 0) is 54.4 Å². The molecule has 3 rings (SSSR count). The SMILES string of the molecule is CCC(C)c1ccc(O)c(NC(=S)NC(=O)c2cc3ccccc3o2)c1. The number of amides is 1. The van der Waals surface area contributed by atoms with Crippen LogP contribution in [-0.4, -0.2) is 16.1 Å². The van der Waals surface area contributed by atoms with Crippen molar-refractivity contribution in [3.05, 3.63) is 59.9 Å². The predicted molar refractivity (Wildman–Crippen MR) is 107 cm³/mol. The Morgan fingerprint density at radius 3 is 2.73 bits per heavy atom. The maximum absolute atomic E-state index is 12.3. The van der Waals surface area contributed by atoms with Crippen LogP contribution in [0.3, 0.4) is 0 Å². The van der Waals surface area contributed by atoms with Crippen LogP contribution in [-0.2, 0) is 0 Å². The molecule has 0 bridgehead atoms. The summed E-state index contributed by atoms with van der Waals surface area (Å²) in [6.45, 7) is 4.21. The minimum Gasteiger partial charge on any atom is -0.506 e. The molecule has 26 heavy (non-hydrogen) atoms. The summed E-state index contributed by atoms with van der Waals surface area (Å²) >= 11 is 5.19. The number of rotatable bonds is 4. The number of thiocarbonyl (C=S) groups is 1. The molecular formula is C20H20N2O3S. The van der Waals surface area contributed by atoms with Crippen LogP contribution in [0.15, 0.2) is 52.9 Å². The highest BCUT2D eigenvalue weighted by Gasteiger charge is 2.15. The van der Waals surface area contributed by atoms with E-state index in [2.05, 4.69) is 24.5 Å². The lowest BCUT2D eigenvalue weighted by molar-refractivity contribution is 0.0953. The molecule has 6 heteroatoms. The molecule has 0 aliphatic carbocycles. The van der Waals surface area contributed by atoms with E-state index in [-0.39, 0.29) is 16.6 Å². The third-order valence-electron chi connectivity index (χ3n) is 4.33. The number of fused-ring (bicyclic) bond motifs is 1. The monoisotopic (exact) mass is 368 g/mol. The second-order valence-corrected chi connectivity index (χ2v) is 6.55. The second-order valence-electron chi connectivity index (χ2n) is 6.14. The highest BCUT2D eigenvalue weighted by molar-refractivity contribution is 7.80.